The first-order valence-electron chi connectivity index (χ1n) is 12.1. The van der Waals surface area contributed by atoms with Gasteiger partial charge in [-0.05, 0) is 25.3 Å². The van der Waals surface area contributed by atoms with Crippen LogP contribution in [0.15, 0.2) is 42.6 Å². The minimum absolute atomic E-state index is 0.0259. The number of hydrogen-bond donors (Lipinski definition) is 1. The van der Waals surface area contributed by atoms with Crippen LogP contribution in [0.2, 0.25) is 0 Å². The van der Waals surface area contributed by atoms with Crippen LogP contribution in [0.5, 0.6) is 11.5 Å². The Morgan fingerprint density at radius 2 is 1.73 bits per heavy atom. The van der Waals surface area contributed by atoms with Crippen LogP contribution < -0.4 is 14.8 Å². The number of nitrogens with one attached hydrogen (secondary N) is 1. The van der Waals surface area contributed by atoms with Crippen molar-refractivity contribution in [2.45, 2.75) is 59.3 Å². The van der Waals surface area contributed by atoms with E-state index in [1.807, 2.05) is 51.1 Å². The Bertz CT molecular complexity index is 1030. The maximum Gasteiger partial charge on any atom is 0.328 e. The maximum atomic E-state index is 13.0. The van der Waals surface area contributed by atoms with Crippen LogP contribution in [0, 0.1) is 5.92 Å². The van der Waals surface area contributed by atoms with Crippen molar-refractivity contribution in [3.05, 3.63) is 53.9 Å². The average molecular weight is 517 g/mol. The summed E-state index contributed by atoms with van der Waals surface area (Å²) in [4.78, 5) is 41.1. The summed E-state index contributed by atoms with van der Waals surface area (Å²) in [5.74, 6) is -1.36. The molecule has 0 aliphatic carbocycles. The highest BCUT2D eigenvalue weighted by Crippen LogP contribution is 2.29. The third kappa shape index (κ3) is 9.72. The molecule has 0 fully saturated rings. The molecule has 0 saturated heterocycles. The molecule has 1 N–H and O–H groups in total. The molecule has 0 aliphatic rings. The van der Waals surface area contributed by atoms with Crippen LogP contribution in [0.3, 0.4) is 0 Å². The van der Waals surface area contributed by atoms with Gasteiger partial charge in [0.2, 0.25) is 6.79 Å². The molecule has 1 heterocycles. The van der Waals surface area contributed by atoms with E-state index in [9.17, 15) is 14.4 Å². The summed E-state index contributed by atoms with van der Waals surface area (Å²) in [6.45, 7) is 8.76. The summed E-state index contributed by atoms with van der Waals surface area (Å²) in [6, 6.07) is 10.1. The highest BCUT2D eigenvalue weighted by Gasteiger charge is 2.28. The Kier molecular flexibility index (Phi) is 11.8. The largest absolute Gasteiger partial charge is 0.493 e. The van der Waals surface area contributed by atoms with E-state index in [-0.39, 0.29) is 23.3 Å². The van der Waals surface area contributed by atoms with Gasteiger partial charge in [0, 0.05) is 32.2 Å². The van der Waals surface area contributed by atoms with Crippen LogP contribution in [0.25, 0.3) is 0 Å². The fourth-order valence-electron chi connectivity index (χ4n) is 3.24. The first kappa shape index (κ1) is 29.6. The fraction of sp³-hybridized carbons (Fsp3) is 0.481. The molecule has 0 saturated carbocycles. The molecule has 37 heavy (non-hydrogen) atoms. The molecule has 1 aromatic heterocycles. The van der Waals surface area contributed by atoms with Crippen LogP contribution in [0.4, 0.5) is 0 Å². The lowest BCUT2D eigenvalue weighted by atomic mass is 10.0. The van der Waals surface area contributed by atoms with Gasteiger partial charge in [-0.25, -0.2) is 9.78 Å². The second-order valence-corrected chi connectivity index (χ2v) is 8.88. The number of rotatable bonds is 14. The number of carbonyl (C=O) groups is 3. The fourth-order valence-corrected chi connectivity index (χ4v) is 3.24. The number of ether oxygens (including phenoxy) is 5. The topological polar surface area (TPSA) is 122 Å². The van der Waals surface area contributed by atoms with Gasteiger partial charge in [0.15, 0.2) is 17.2 Å². The predicted octanol–water partition coefficient (Wildman–Crippen LogP) is 3.32. The third-order valence-electron chi connectivity index (χ3n) is 5.23. The number of benzene rings is 1. The van der Waals surface area contributed by atoms with Crippen LogP contribution in [-0.4, -0.2) is 61.6 Å². The quantitative estimate of drug-likeness (QED) is 0.298. The van der Waals surface area contributed by atoms with Gasteiger partial charge in [-0.15, -0.1) is 0 Å². The van der Waals surface area contributed by atoms with E-state index >= 15 is 0 Å². The molecule has 1 aromatic carbocycles. The molecule has 3 atom stereocenters. The monoisotopic (exact) mass is 516 g/mol. The molecule has 2 aromatic rings. The van der Waals surface area contributed by atoms with E-state index in [0.717, 1.165) is 5.56 Å². The standard InChI is InChI=1S/C27H36N2O8/c1-17(2)15-34-19(4)23(14-21-10-8-7-9-11-21)37-27(32)18(3)29-26(31)24-25(36-16-35-20(5)30)22(33-6)12-13-28-24/h7-13,17-19,23H,14-16H2,1-6H3,(H,29,31)/t18-,19-,23+/m0/s1. The lowest BCUT2D eigenvalue weighted by Crippen LogP contribution is -2.44. The maximum absolute atomic E-state index is 13.0. The van der Waals surface area contributed by atoms with Gasteiger partial charge in [-0.1, -0.05) is 44.2 Å². The molecule has 10 nitrogen and oxygen atoms in total. The molecule has 10 heteroatoms. The summed E-state index contributed by atoms with van der Waals surface area (Å²) in [6.07, 6.45) is 0.887. The van der Waals surface area contributed by atoms with Gasteiger partial charge >= 0.3 is 11.9 Å². The minimum atomic E-state index is -1.00. The van der Waals surface area contributed by atoms with Gasteiger partial charge in [-0.3, -0.25) is 9.59 Å². The van der Waals surface area contributed by atoms with Crippen LogP contribution >= 0.6 is 0 Å². The SMILES string of the molecule is COc1ccnc(C(=O)N[C@@H](C)C(=O)O[C@H](Cc2ccccc2)[C@H](C)OCC(C)C)c1OCOC(C)=O. The van der Waals surface area contributed by atoms with Gasteiger partial charge in [0.25, 0.3) is 5.91 Å². The van der Waals surface area contributed by atoms with Crippen molar-refractivity contribution in [3.8, 4) is 11.5 Å². The summed E-state index contributed by atoms with van der Waals surface area (Å²) in [7, 11) is 1.39. The average Bonchev–Trinajstić information content (AvgIpc) is 2.87. The van der Waals surface area contributed by atoms with Gasteiger partial charge in [-0.2, -0.15) is 0 Å². The molecule has 0 unspecified atom stereocenters. The van der Waals surface area contributed by atoms with E-state index in [1.165, 1.54) is 33.2 Å². The molecular formula is C27H36N2O8. The number of hydrogen-bond acceptors (Lipinski definition) is 9. The molecule has 0 bridgehead atoms. The Hall–Kier alpha value is -3.66. The van der Waals surface area contributed by atoms with Crippen molar-refractivity contribution in [3.63, 3.8) is 0 Å². The van der Waals surface area contributed by atoms with Crippen molar-refractivity contribution < 1.29 is 38.1 Å². The zero-order chi connectivity index (χ0) is 27.4. The van der Waals surface area contributed by atoms with Gasteiger partial charge in [0.05, 0.1) is 13.2 Å². The number of carbonyl (C=O) groups excluding carboxylic acids is 3. The van der Waals surface area contributed by atoms with Crippen LogP contribution in [0.1, 0.15) is 50.7 Å². The lowest BCUT2D eigenvalue weighted by Gasteiger charge is -2.27. The zero-order valence-electron chi connectivity index (χ0n) is 22.2. The van der Waals surface area contributed by atoms with Crippen molar-refractivity contribution >= 4 is 17.8 Å². The molecule has 202 valence electrons. The van der Waals surface area contributed by atoms with Crippen molar-refractivity contribution in [1.82, 2.24) is 10.3 Å². The summed E-state index contributed by atoms with van der Waals surface area (Å²) < 4.78 is 27.2. The summed E-state index contributed by atoms with van der Waals surface area (Å²) in [5, 5.41) is 2.59. The van der Waals surface area contributed by atoms with E-state index in [1.54, 1.807) is 0 Å². The van der Waals surface area contributed by atoms with E-state index < -0.39 is 36.8 Å². The predicted molar refractivity (Wildman–Crippen MR) is 135 cm³/mol. The summed E-state index contributed by atoms with van der Waals surface area (Å²) >= 11 is 0. The highest BCUT2D eigenvalue weighted by atomic mass is 16.7. The van der Waals surface area contributed by atoms with E-state index in [0.29, 0.717) is 18.9 Å². The molecule has 0 aliphatic heterocycles. The second-order valence-electron chi connectivity index (χ2n) is 8.88. The molecule has 0 radical (unpaired) electrons. The zero-order valence-corrected chi connectivity index (χ0v) is 22.2. The Morgan fingerprint density at radius 3 is 2.35 bits per heavy atom. The van der Waals surface area contributed by atoms with E-state index in [2.05, 4.69) is 10.3 Å². The number of pyridine rings is 1. The normalized spacial score (nSPS) is 13.3. The Morgan fingerprint density at radius 1 is 1.03 bits per heavy atom. The smallest absolute Gasteiger partial charge is 0.328 e. The van der Waals surface area contributed by atoms with Crippen molar-refractivity contribution in [1.29, 1.82) is 0 Å². The van der Waals surface area contributed by atoms with Crippen LogP contribution in [-0.2, 0) is 30.2 Å². The lowest BCUT2D eigenvalue weighted by molar-refractivity contribution is -0.159. The number of methoxy groups -OCH3 is 1. The number of amides is 1. The first-order valence-corrected chi connectivity index (χ1v) is 12.1. The minimum Gasteiger partial charge on any atom is -0.493 e. The Labute approximate surface area is 217 Å². The number of aromatic nitrogens is 1. The van der Waals surface area contributed by atoms with Gasteiger partial charge in [0.1, 0.15) is 12.1 Å². The van der Waals surface area contributed by atoms with Gasteiger partial charge < -0.3 is 29.0 Å². The second kappa shape index (κ2) is 14.8. The van der Waals surface area contributed by atoms with Crippen molar-refractivity contribution in [2.24, 2.45) is 5.92 Å². The molecule has 0 spiro atoms. The third-order valence-corrected chi connectivity index (χ3v) is 5.23. The molecular weight excluding hydrogens is 480 g/mol. The first-order chi connectivity index (χ1) is 17.6. The number of esters is 2. The number of nitrogens with zero attached hydrogens (tertiary/aromatic N) is 1. The van der Waals surface area contributed by atoms with Crippen molar-refractivity contribution in [2.75, 3.05) is 20.5 Å². The molecule has 1 amide bonds. The Balaban J connectivity index is 2.12. The van der Waals surface area contributed by atoms with E-state index in [4.69, 9.17) is 23.7 Å². The highest BCUT2D eigenvalue weighted by molar-refractivity contribution is 5.98. The summed E-state index contributed by atoms with van der Waals surface area (Å²) in [5.41, 5.74) is 0.854. The molecule has 2 rings (SSSR count).